The molecule has 2 aliphatic heterocycles. The van der Waals surface area contributed by atoms with E-state index < -0.39 is 0 Å². The molecule has 8 aliphatic carbocycles. The number of nitrogens with zero attached hydrogens (tertiary/aromatic N) is 10. The number of amides is 5. The summed E-state index contributed by atoms with van der Waals surface area (Å²) >= 11 is 0. The largest absolute Gasteiger partial charge is 0.493 e. The van der Waals surface area contributed by atoms with Crippen molar-refractivity contribution in [2.75, 3.05) is 48.5 Å². The highest BCUT2D eigenvalue weighted by Gasteiger charge is 2.43. The Morgan fingerprint density at radius 1 is 0.327 bits per heavy atom. The van der Waals surface area contributed by atoms with E-state index >= 15 is 0 Å². The molecule has 0 spiro atoms. The molecule has 10 aromatic rings. The standard InChI is InChI=1S/3C26H30N2O2.C23H23FN2O3.C23H24N2O3/c3*1-6-13-28-16-21(19-14-17(2)15-20(19)25(28)30)24(29)27(5)23-11-12-26(3,4)22-10-8-7-9-18(22)23;1-4-8-26-13-19(17-10-14(2)11-18(17)23(26)28)22(27)25(3)20-7-9-29-21-12-15(24)5-6-16(20)21;1-4-10-25-14-19(17-12-15(2)13-18(17)23(25)27)22(26)24(3)20-9-11-28-21-8-6-5-7-16(20)21/h3*6-10,14,16,23H,1,11-13,15H2,2-5H3;4-6,10,12-13,20H,1,7-9,11H2,2-3H3;4-8,12,14,20H,1,9-11,13H2,2-3H3. The highest BCUT2D eigenvalue weighted by molar-refractivity contribution is 6.02. The van der Waals surface area contributed by atoms with E-state index in [1.165, 1.54) is 50.1 Å². The van der Waals surface area contributed by atoms with Crippen LogP contribution < -0.4 is 37.3 Å². The molecule has 5 atom stereocenters. The van der Waals surface area contributed by atoms with E-state index in [-0.39, 0.29) is 110 Å². The molecule has 762 valence electrons. The Kier molecular flexibility index (Phi) is 30.7. The number of carbonyl (C=O) groups is 5. The van der Waals surface area contributed by atoms with Crippen LogP contribution in [0.2, 0.25) is 0 Å². The van der Waals surface area contributed by atoms with Crippen LogP contribution in [0.25, 0.3) is 30.4 Å². The van der Waals surface area contributed by atoms with Gasteiger partial charge in [0.2, 0.25) is 0 Å². The first kappa shape index (κ1) is 105. The summed E-state index contributed by atoms with van der Waals surface area (Å²) in [5, 5.41) is 0. The zero-order chi connectivity index (χ0) is 105. The van der Waals surface area contributed by atoms with Crippen molar-refractivity contribution in [3.8, 4) is 11.5 Å². The fraction of sp³-hybridized carbons (Fsp3) is 0.355. The maximum atomic E-state index is 13.7. The summed E-state index contributed by atoms with van der Waals surface area (Å²) < 4.78 is 32.8. The van der Waals surface area contributed by atoms with Crippen molar-refractivity contribution in [3.05, 3.63) is 423 Å². The number of para-hydroxylation sites is 1. The quantitative estimate of drug-likeness (QED) is 0.0649. The normalized spacial score (nSPS) is 18.2. The average Bonchev–Trinajstić information content (AvgIpc) is 1.61. The van der Waals surface area contributed by atoms with Crippen LogP contribution >= 0.6 is 0 Å². The Hall–Kier alpha value is -14.9. The number of fused-ring (bicyclic) bond motifs is 10. The van der Waals surface area contributed by atoms with Crippen molar-refractivity contribution < 1.29 is 37.8 Å². The van der Waals surface area contributed by atoms with Crippen LogP contribution in [0.5, 0.6) is 11.5 Å². The van der Waals surface area contributed by atoms with Crippen molar-refractivity contribution in [2.45, 2.75) is 239 Å². The molecule has 5 unspecified atom stereocenters. The van der Waals surface area contributed by atoms with E-state index in [4.69, 9.17) is 9.47 Å². The Morgan fingerprint density at radius 2 is 0.551 bits per heavy atom. The Bertz CT molecular complexity index is 7130. The van der Waals surface area contributed by atoms with Gasteiger partial charge in [-0.15, -0.1) is 32.9 Å². The number of halogens is 1. The average molecular weight is 1980 g/mol. The Morgan fingerprint density at radius 3 is 0.810 bits per heavy atom. The molecule has 5 amide bonds. The maximum absolute atomic E-state index is 13.7. The first-order valence-corrected chi connectivity index (χ1v) is 51.1. The van der Waals surface area contributed by atoms with Gasteiger partial charge in [-0.1, -0.05) is 227 Å². The van der Waals surface area contributed by atoms with Crippen LogP contribution in [0.15, 0.2) is 261 Å². The lowest BCUT2D eigenvalue weighted by Gasteiger charge is -2.40. The summed E-state index contributed by atoms with van der Waals surface area (Å²) in [5.74, 6) is 0.579. The number of hydrogen-bond donors (Lipinski definition) is 0. The third-order valence-electron chi connectivity index (χ3n) is 31.2. The second-order valence-electron chi connectivity index (χ2n) is 42.9. The lowest BCUT2D eigenvalue weighted by molar-refractivity contribution is 0.0677. The maximum Gasteiger partial charge on any atom is 0.256 e. The van der Waals surface area contributed by atoms with Gasteiger partial charge < -0.3 is 56.8 Å². The number of rotatable bonds is 20. The Labute approximate surface area is 861 Å². The van der Waals surface area contributed by atoms with Crippen molar-refractivity contribution in [1.82, 2.24) is 47.3 Å². The van der Waals surface area contributed by atoms with Gasteiger partial charge in [-0.05, 0) is 195 Å². The van der Waals surface area contributed by atoms with Crippen molar-refractivity contribution in [1.29, 1.82) is 0 Å². The lowest BCUT2D eigenvalue weighted by Crippen LogP contribution is -2.38. The predicted octanol–water partition coefficient (Wildman–Crippen LogP) is 22.0. The van der Waals surface area contributed by atoms with Crippen LogP contribution in [0.1, 0.15) is 310 Å². The fourth-order valence-corrected chi connectivity index (χ4v) is 23.4. The van der Waals surface area contributed by atoms with E-state index in [2.05, 4.69) is 147 Å². The summed E-state index contributed by atoms with van der Waals surface area (Å²) in [6, 6.07) is 37.5. The number of hydrogen-bond acceptors (Lipinski definition) is 12. The minimum atomic E-state index is -0.367. The summed E-state index contributed by atoms with van der Waals surface area (Å²) in [7, 11) is 9.25. The minimum Gasteiger partial charge on any atom is -0.493 e. The number of ether oxygens (including phenoxy) is 2. The van der Waals surface area contributed by atoms with Crippen molar-refractivity contribution in [2.24, 2.45) is 0 Å². The van der Waals surface area contributed by atoms with E-state index in [9.17, 15) is 52.3 Å². The number of benzene rings is 5. The molecule has 5 aromatic carbocycles. The van der Waals surface area contributed by atoms with E-state index in [1.54, 1.807) is 103 Å². The predicted molar refractivity (Wildman–Crippen MR) is 585 cm³/mol. The molecule has 0 bridgehead atoms. The molecular formula is C124H137FN10O12. The monoisotopic (exact) mass is 1980 g/mol. The zero-order valence-electron chi connectivity index (χ0n) is 87.9. The van der Waals surface area contributed by atoms with Gasteiger partial charge in [-0.2, -0.15) is 0 Å². The zero-order valence-corrected chi connectivity index (χ0v) is 87.9. The molecule has 0 radical (unpaired) electrons. The summed E-state index contributed by atoms with van der Waals surface area (Å²) in [6.07, 6.45) is 36.9. The number of carbonyl (C=O) groups excluding carboxylic acids is 5. The molecule has 23 heteroatoms. The van der Waals surface area contributed by atoms with Gasteiger partial charge in [0.25, 0.3) is 57.3 Å². The highest BCUT2D eigenvalue weighted by atomic mass is 19.1. The van der Waals surface area contributed by atoms with Gasteiger partial charge in [-0.25, -0.2) is 4.39 Å². The van der Waals surface area contributed by atoms with Crippen LogP contribution in [0.3, 0.4) is 0 Å². The molecular weight excluding hydrogens is 1840 g/mol. The third-order valence-corrected chi connectivity index (χ3v) is 31.2. The number of aromatic nitrogens is 5. The third kappa shape index (κ3) is 20.7. The van der Waals surface area contributed by atoms with Crippen molar-refractivity contribution >= 4 is 59.9 Å². The molecule has 20 rings (SSSR count). The van der Waals surface area contributed by atoms with E-state index in [0.29, 0.717) is 135 Å². The SMILES string of the molecule is C=CCn1cc(C(=O)N(C)C2CCC(C)(C)c3ccccc32)c2c(c1=O)CC(C)=C2.C=CCn1cc(C(=O)N(C)C2CCC(C)(C)c3ccccc32)c2c(c1=O)CC(C)=C2.C=CCn1cc(C(=O)N(C)C2CCC(C)(C)c3ccccc32)c2c(c1=O)CC(C)=C2.C=CCn1cc(C(=O)N(C)C2CCOc3cc(F)ccc32)c2c(c1=O)CC(C)=C2.C=CCn1cc(C(=O)N(C)C2CCOc3ccccc32)c2c(c1=O)CC(C)=C2. The topological polar surface area (TPSA) is 230 Å². The second-order valence-corrected chi connectivity index (χ2v) is 42.9. The summed E-state index contributed by atoms with van der Waals surface area (Å²) in [4.78, 5) is 141. The molecule has 147 heavy (non-hydrogen) atoms. The van der Waals surface area contributed by atoms with Gasteiger partial charge in [-0.3, -0.25) is 47.9 Å². The Balaban J connectivity index is 0.000000131. The second kappa shape index (κ2) is 43.0. The van der Waals surface area contributed by atoms with Crippen LogP contribution in [-0.4, -0.2) is 125 Å². The van der Waals surface area contributed by atoms with Gasteiger partial charge in [0.05, 0.1) is 71.2 Å². The molecule has 0 saturated heterocycles. The number of pyridine rings is 5. The van der Waals surface area contributed by atoms with Gasteiger partial charge in [0, 0.05) is 157 Å². The van der Waals surface area contributed by atoms with Crippen LogP contribution in [0, 0.1) is 5.82 Å². The smallest absolute Gasteiger partial charge is 0.256 e. The van der Waals surface area contributed by atoms with Crippen molar-refractivity contribution in [3.63, 3.8) is 0 Å². The van der Waals surface area contributed by atoms with E-state index in [0.717, 1.165) is 129 Å². The minimum absolute atomic E-state index is 0.0260. The van der Waals surface area contributed by atoms with Gasteiger partial charge in [0.15, 0.2) is 0 Å². The molecule has 10 aliphatic rings. The summed E-state index contributed by atoms with van der Waals surface area (Å²) in [5.41, 5.74) is 25.3. The highest BCUT2D eigenvalue weighted by Crippen LogP contribution is 2.49. The van der Waals surface area contributed by atoms with Gasteiger partial charge >= 0.3 is 0 Å². The molecule has 7 heterocycles. The first-order chi connectivity index (χ1) is 70.1. The van der Waals surface area contributed by atoms with Gasteiger partial charge in [0.1, 0.15) is 17.3 Å². The van der Waals surface area contributed by atoms with E-state index in [1.807, 2.05) is 132 Å². The molecule has 0 saturated carbocycles. The molecule has 5 aromatic heterocycles. The lowest BCUT2D eigenvalue weighted by atomic mass is 9.70. The fourth-order valence-electron chi connectivity index (χ4n) is 23.4. The molecule has 0 fully saturated rings. The van der Waals surface area contributed by atoms with Crippen LogP contribution in [-0.2, 0) is 81.1 Å². The first-order valence-electron chi connectivity index (χ1n) is 51.1. The van der Waals surface area contributed by atoms with Crippen LogP contribution in [0.4, 0.5) is 4.39 Å². The molecule has 22 nitrogen and oxygen atoms in total. The summed E-state index contributed by atoms with van der Waals surface area (Å²) in [6.45, 7) is 45.2. The molecule has 0 N–H and O–H groups in total. The number of allylic oxidation sites excluding steroid dienone is 10.